The van der Waals surface area contributed by atoms with Gasteiger partial charge in [0.1, 0.15) is 0 Å². The summed E-state index contributed by atoms with van der Waals surface area (Å²) < 4.78 is 5.36. The van der Waals surface area contributed by atoms with E-state index < -0.39 is 0 Å². The highest BCUT2D eigenvalue weighted by Crippen LogP contribution is 2.05. The predicted molar refractivity (Wildman–Crippen MR) is 63.0 cm³/mol. The maximum Gasteiger partial charge on any atom is 0.0594 e. The summed E-state index contributed by atoms with van der Waals surface area (Å²) in [6.07, 6.45) is 0. The quantitative estimate of drug-likeness (QED) is 0.676. The lowest BCUT2D eigenvalue weighted by Gasteiger charge is -2.36. The zero-order valence-electron chi connectivity index (χ0n) is 10.1. The lowest BCUT2D eigenvalue weighted by Crippen LogP contribution is -2.52. The summed E-state index contributed by atoms with van der Waals surface area (Å²) in [7, 11) is 0. The van der Waals surface area contributed by atoms with Crippen LogP contribution in [0.4, 0.5) is 0 Å². The topological polar surface area (TPSA) is 41.7 Å². The smallest absolute Gasteiger partial charge is 0.0594 e. The Hall–Kier alpha value is -0.160. The molecule has 15 heavy (non-hydrogen) atoms. The van der Waals surface area contributed by atoms with Crippen molar-refractivity contribution < 1.29 is 4.74 Å². The van der Waals surface area contributed by atoms with Crippen LogP contribution in [0.15, 0.2) is 0 Å². The third-order valence-corrected chi connectivity index (χ3v) is 3.20. The van der Waals surface area contributed by atoms with E-state index >= 15 is 0 Å². The first-order chi connectivity index (χ1) is 7.31. The molecule has 0 radical (unpaired) electrons. The zero-order chi connectivity index (χ0) is 11.1. The number of nitrogens with zero attached hydrogens (tertiary/aromatic N) is 2. The van der Waals surface area contributed by atoms with Crippen LogP contribution in [0.25, 0.3) is 0 Å². The van der Waals surface area contributed by atoms with Gasteiger partial charge in [-0.1, -0.05) is 13.8 Å². The summed E-state index contributed by atoms with van der Waals surface area (Å²) in [5.41, 5.74) is 5.85. The maximum absolute atomic E-state index is 5.85. The van der Waals surface area contributed by atoms with Crippen molar-refractivity contribution in [3.05, 3.63) is 0 Å². The van der Waals surface area contributed by atoms with Gasteiger partial charge < -0.3 is 15.4 Å². The third kappa shape index (κ3) is 4.07. The van der Waals surface area contributed by atoms with Crippen molar-refractivity contribution >= 4 is 0 Å². The lowest BCUT2D eigenvalue weighted by atomic mass is 10.2. The summed E-state index contributed by atoms with van der Waals surface area (Å²) >= 11 is 0. The van der Waals surface area contributed by atoms with Gasteiger partial charge in [0.25, 0.3) is 0 Å². The van der Waals surface area contributed by atoms with Gasteiger partial charge in [0.15, 0.2) is 0 Å². The predicted octanol–water partition coefficient (Wildman–Crippen LogP) is -0.0123. The Morgan fingerprint density at radius 2 is 1.87 bits per heavy atom. The summed E-state index contributed by atoms with van der Waals surface area (Å²) in [6.45, 7) is 12.2. The monoisotopic (exact) mass is 215 g/mol. The Balaban J connectivity index is 2.38. The van der Waals surface area contributed by atoms with Gasteiger partial charge in [0.05, 0.1) is 13.2 Å². The van der Waals surface area contributed by atoms with Crippen molar-refractivity contribution in [1.29, 1.82) is 0 Å². The minimum Gasteiger partial charge on any atom is -0.379 e. The van der Waals surface area contributed by atoms with Crippen LogP contribution in [-0.2, 0) is 4.74 Å². The molecule has 0 aromatic rings. The molecule has 0 amide bonds. The first-order valence-corrected chi connectivity index (χ1v) is 6.06. The van der Waals surface area contributed by atoms with E-state index in [-0.39, 0.29) is 0 Å². The van der Waals surface area contributed by atoms with E-state index in [2.05, 4.69) is 23.6 Å². The molecule has 1 fully saturated rings. The molecule has 0 aromatic carbocycles. The van der Waals surface area contributed by atoms with Crippen LogP contribution >= 0.6 is 0 Å². The maximum atomic E-state index is 5.85. The molecule has 1 aliphatic rings. The summed E-state index contributed by atoms with van der Waals surface area (Å²) in [5.74, 6) is 0. The standard InChI is InChI=1S/C11H25N3O/c1-3-13(4-2)10-11(9-12)14-5-7-15-8-6-14/h11H,3-10,12H2,1-2H3. The summed E-state index contributed by atoms with van der Waals surface area (Å²) in [4.78, 5) is 4.90. The highest BCUT2D eigenvalue weighted by molar-refractivity contribution is 4.77. The molecule has 1 atom stereocenters. The van der Waals surface area contributed by atoms with E-state index in [1.165, 1.54) is 0 Å². The number of nitrogens with two attached hydrogens (primary N) is 1. The SMILES string of the molecule is CCN(CC)CC(CN)N1CCOCC1. The Morgan fingerprint density at radius 1 is 1.27 bits per heavy atom. The molecule has 1 unspecified atom stereocenters. The molecule has 0 bridgehead atoms. The van der Waals surface area contributed by atoms with Crippen LogP contribution in [0.1, 0.15) is 13.8 Å². The molecular formula is C11H25N3O. The van der Waals surface area contributed by atoms with Gasteiger partial charge in [-0.15, -0.1) is 0 Å². The van der Waals surface area contributed by atoms with Crippen LogP contribution in [-0.4, -0.2) is 68.3 Å². The van der Waals surface area contributed by atoms with Gasteiger partial charge in [0, 0.05) is 32.2 Å². The summed E-state index contributed by atoms with van der Waals surface area (Å²) in [5, 5.41) is 0. The fraction of sp³-hybridized carbons (Fsp3) is 1.00. The number of morpholine rings is 1. The second-order valence-electron chi connectivity index (χ2n) is 4.02. The van der Waals surface area contributed by atoms with Gasteiger partial charge >= 0.3 is 0 Å². The second-order valence-corrected chi connectivity index (χ2v) is 4.02. The van der Waals surface area contributed by atoms with Crippen LogP contribution < -0.4 is 5.73 Å². The molecule has 1 rings (SSSR count). The van der Waals surface area contributed by atoms with Gasteiger partial charge in [-0.3, -0.25) is 4.90 Å². The highest BCUT2D eigenvalue weighted by Gasteiger charge is 2.20. The minimum atomic E-state index is 0.494. The number of likely N-dealkylation sites (N-methyl/N-ethyl adjacent to an activating group) is 1. The van der Waals surface area contributed by atoms with Crippen molar-refractivity contribution in [2.24, 2.45) is 5.73 Å². The number of ether oxygens (including phenoxy) is 1. The molecule has 4 heteroatoms. The van der Waals surface area contributed by atoms with Crippen LogP contribution in [0.5, 0.6) is 0 Å². The van der Waals surface area contributed by atoms with Crippen LogP contribution in [0, 0.1) is 0 Å². The average Bonchev–Trinajstić information content (AvgIpc) is 2.32. The molecule has 1 heterocycles. The fourth-order valence-corrected chi connectivity index (χ4v) is 2.06. The van der Waals surface area contributed by atoms with E-state index in [0.717, 1.165) is 52.5 Å². The fourth-order valence-electron chi connectivity index (χ4n) is 2.06. The van der Waals surface area contributed by atoms with E-state index in [1.54, 1.807) is 0 Å². The lowest BCUT2D eigenvalue weighted by molar-refractivity contribution is 0.0110. The molecule has 4 nitrogen and oxygen atoms in total. The largest absolute Gasteiger partial charge is 0.379 e. The highest BCUT2D eigenvalue weighted by atomic mass is 16.5. The second kappa shape index (κ2) is 7.17. The molecule has 1 aliphatic heterocycles. The first-order valence-electron chi connectivity index (χ1n) is 6.06. The van der Waals surface area contributed by atoms with Crippen molar-refractivity contribution in [2.75, 3.05) is 52.5 Å². The number of rotatable bonds is 6. The van der Waals surface area contributed by atoms with Crippen molar-refractivity contribution in [3.63, 3.8) is 0 Å². The number of hydrogen-bond donors (Lipinski definition) is 1. The Labute approximate surface area is 93.4 Å². The van der Waals surface area contributed by atoms with Gasteiger partial charge in [0.2, 0.25) is 0 Å². The molecule has 0 aliphatic carbocycles. The molecule has 0 saturated carbocycles. The normalized spacial score (nSPS) is 20.8. The Morgan fingerprint density at radius 3 is 2.33 bits per heavy atom. The van der Waals surface area contributed by atoms with Gasteiger partial charge in [-0.2, -0.15) is 0 Å². The molecule has 1 saturated heterocycles. The summed E-state index contributed by atoms with van der Waals surface area (Å²) in [6, 6.07) is 0.494. The zero-order valence-corrected chi connectivity index (χ0v) is 10.1. The molecular weight excluding hydrogens is 190 g/mol. The first kappa shape index (κ1) is 12.9. The molecule has 0 spiro atoms. The van der Waals surface area contributed by atoms with Crippen molar-refractivity contribution in [2.45, 2.75) is 19.9 Å². The van der Waals surface area contributed by atoms with E-state index in [0.29, 0.717) is 6.04 Å². The average molecular weight is 215 g/mol. The Bertz CT molecular complexity index is 156. The third-order valence-electron chi connectivity index (χ3n) is 3.20. The van der Waals surface area contributed by atoms with E-state index in [4.69, 9.17) is 10.5 Å². The molecule has 0 aromatic heterocycles. The van der Waals surface area contributed by atoms with Gasteiger partial charge in [-0.05, 0) is 13.1 Å². The Kier molecular flexibility index (Phi) is 6.17. The van der Waals surface area contributed by atoms with Crippen molar-refractivity contribution in [3.8, 4) is 0 Å². The van der Waals surface area contributed by atoms with Crippen LogP contribution in [0.3, 0.4) is 0 Å². The van der Waals surface area contributed by atoms with Crippen LogP contribution in [0.2, 0.25) is 0 Å². The van der Waals surface area contributed by atoms with E-state index in [1.807, 2.05) is 0 Å². The van der Waals surface area contributed by atoms with Gasteiger partial charge in [-0.25, -0.2) is 0 Å². The molecule has 90 valence electrons. The van der Waals surface area contributed by atoms with Crippen molar-refractivity contribution in [1.82, 2.24) is 9.80 Å². The molecule has 2 N–H and O–H groups in total. The number of hydrogen-bond acceptors (Lipinski definition) is 4. The van der Waals surface area contributed by atoms with E-state index in [9.17, 15) is 0 Å². The minimum absolute atomic E-state index is 0.494.